The summed E-state index contributed by atoms with van der Waals surface area (Å²) >= 11 is 0. The summed E-state index contributed by atoms with van der Waals surface area (Å²) in [5.74, 6) is 0. The van der Waals surface area contributed by atoms with Crippen molar-refractivity contribution in [1.29, 1.82) is 0 Å². The summed E-state index contributed by atoms with van der Waals surface area (Å²) in [6.45, 7) is 4.22. The highest BCUT2D eigenvalue weighted by molar-refractivity contribution is 5.69. The summed E-state index contributed by atoms with van der Waals surface area (Å²) in [5, 5.41) is 0. The van der Waals surface area contributed by atoms with E-state index in [1.165, 1.54) is 16.7 Å². The third-order valence-corrected chi connectivity index (χ3v) is 2.35. The maximum atomic E-state index is 4.28. The van der Waals surface area contributed by atoms with Gasteiger partial charge in [0.15, 0.2) is 0 Å². The average molecular weight is 171 g/mol. The molecule has 0 bridgehead atoms. The number of aromatic nitrogens is 1. The van der Waals surface area contributed by atoms with Gasteiger partial charge in [0.1, 0.15) is 0 Å². The van der Waals surface area contributed by atoms with Gasteiger partial charge in [0, 0.05) is 17.5 Å². The van der Waals surface area contributed by atoms with Gasteiger partial charge in [-0.15, -0.1) is 0 Å². The maximum absolute atomic E-state index is 4.28. The molecular weight excluding hydrogens is 158 g/mol. The van der Waals surface area contributed by atoms with Gasteiger partial charge in [-0.3, -0.25) is 4.98 Å². The standard InChI is InChI=1S/C12H13N/c1-9-4-3-5-12-10(2)13-7-6-11(12)8-9/h3,5-8H,4H2,1-2H3. The number of hydrogen-bond donors (Lipinski definition) is 0. The molecule has 1 aliphatic carbocycles. The van der Waals surface area contributed by atoms with Gasteiger partial charge >= 0.3 is 0 Å². The monoisotopic (exact) mass is 171 g/mol. The highest BCUT2D eigenvalue weighted by Gasteiger charge is 2.04. The van der Waals surface area contributed by atoms with Crippen LogP contribution in [0.2, 0.25) is 0 Å². The number of hydrogen-bond acceptors (Lipinski definition) is 1. The van der Waals surface area contributed by atoms with Gasteiger partial charge in [-0.25, -0.2) is 0 Å². The van der Waals surface area contributed by atoms with Crippen LogP contribution in [0.25, 0.3) is 12.2 Å². The zero-order valence-electron chi connectivity index (χ0n) is 8.04. The summed E-state index contributed by atoms with van der Waals surface area (Å²) < 4.78 is 0. The van der Waals surface area contributed by atoms with Crippen LogP contribution in [0.3, 0.4) is 0 Å². The van der Waals surface area contributed by atoms with Crippen LogP contribution in [0.5, 0.6) is 0 Å². The minimum atomic E-state index is 1.05. The lowest BCUT2D eigenvalue weighted by molar-refractivity contribution is 1.18. The lowest BCUT2D eigenvalue weighted by atomic mass is 10.1. The molecule has 66 valence electrons. The van der Waals surface area contributed by atoms with Crippen molar-refractivity contribution in [3.63, 3.8) is 0 Å². The molecule has 0 saturated heterocycles. The van der Waals surface area contributed by atoms with Crippen LogP contribution in [0.4, 0.5) is 0 Å². The summed E-state index contributed by atoms with van der Waals surface area (Å²) in [6, 6.07) is 2.07. The van der Waals surface area contributed by atoms with Gasteiger partial charge < -0.3 is 0 Å². The summed E-state index contributed by atoms with van der Waals surface area (Å²) in [7, 11) is 0. The molecule has 1 aliphatic rings. The van der Waals surface area contributed by atoms with Gasteiger partial charge in [-0.2, -0.15) is 0 Å². The number of allylic oxidation sites excluding steroid dienone is 2. The third-order valence-electron chi connectivity index (χ3n) is 2.35. The Labute approximate surface area is 78.8 Å². The Morgan fingerprint density at radius 2 is 2.15 bits per heavy atom. The molecule has 0 amide bonds. The van der Waals surface area contributed by atoms with E-state index in [1.54, 1.807) is 0 Å². The maximum Gasteiger partial charge on any atom is 0.0450 e. The van der Waals surface area contributed by atoms with E-state index in [0.29, 0.717) is 0 Å². The zero-order chi connectivity index (χ0) is 9.26. The minimum absolute atomic E-state index is 1.05. The van der Waals surface area contributed by atoms with E-state index in [4.69, 9.17) is 0 Å². The van der Waals surface area contributed by atoms with Crippen molar-refractivity contribution in [3.05, 3.63) is 40.7 Å². The highest BCUT2D eigenvalue weighted by Crippen LogP contribution is 2.21. The Bertz CT molecular complexity index is 386. The quantitative estimate of drug-likeness (QED) is 0.584. The van der Waals surface area contributed by atoms with Crippen molar-refractivity contribution in [1.82, 2.24) is 4.98 Å². The van der Waals surface area contributed by atoms with Crippen molar-refractivity contribution < 1.29 is 0 Å². The number of rotatable bonds is 0. The molecule has 0 spiro atoms. The van der Waals surface area contributed by atoms with Gasteiger partial charge in [0.2, 0.25) is 0 Å². The van der Waals surface area contributed by atoms with Crippen molar-refractivity contribution >= 4 is 12.2 Å². The highest BCUT2D eigenvalue weighted by atomic mass is 14.7. The molecule has 13 heavy (non-hydrogen) atoms. The lowest BCUT2D eigenvalue weighted by Gasteiger charge is -2.02. The number of fused-ring (bicyclic) bond motifs is 1. The van der Waals surface area contributed by atoms with E-state index in [9.17, 15) is 0 Å². The Balaban J connectivity index is 2.64. The molecule has 0 atom stereocenters. The molecule has 1 nitrogen and oxygen atoms in total. The van der Waals surface area contributed by atoms with Crippen LogP contribution in [-0.2, 0) is 0 Å². The summed E-state index contributed by atoms with van der Waals surface area (Å²) in [6.07, 6.45) is 9.53. The average Bonchev–Trinajstić information content (AvgIpc) is 2.27. The molecule has 0 radical (unpaired) electrons. The first-order chi connectivity index (χ1) is 6.27. The fraction of sp³-hybridized carbons (Fsp3) is 0.250. The second-order valence-corrected chi connectivity index (χ2v) is 3.50. The van der Waals surface area contributed by atoms with Crippen LogP contribution in [0, 0.1) is 6.92 Å². The van der Waals surface area contributed by atoms with Crippen LogP contribution in [0.1, 0.15) is 30.2 Å². The Hall–Kier alpha value is -1.37. The molecule has 0 unspecified atom stereocenters. The largest absolute Gasteiger partial charge is 0.261 e. The third kappa shape index (κ3) is 1.55. The number of nitrogens with zero attached hydrogens (tertiary/aromatic N) is 1. The first-order valence-electron chi connectivity index (χ1n) is 4.56. The molecule has 2 rings (SSSR count). The summed E-state index contributed by atoms with van der Waals surface area (Å²) in [4.78, 5) is 4.28. The molecule has 0 aromatic carbocycles. The van der Waals surface area contributed by atoms with Crippen LogP contribution in [0.15, 0.2) is 23.9 Å². The van der Waals surface area contributed by atoms with Crippen LogP contribution < -0.4 is 0 Å². The molecule has 1 aromatic rings. The van der Waals surface area contributed by atoms with Gasteiger partial charge in [-0.1, -0.05) is 23.8 Å². The fourth-order valence-electron chi connectivity index (χ4n) is 1.63. The summed E-state index contributed by atoms with van der Waals surface area (Å²) in [5.41, 5.74) is 5.07. The van der Waals surface area contributed by atoms with Crippen molar-refractivity contribution in [3.8, 4) is 0 Å². The second-order valence-electron chi connectivity index (χ2n) is 3.50. The van der Waals surface area contributed by atoms with Gasteiger partial charge in [0.05, 0.1) is 0 Å². The van der Waals surface area contributed by atoms with Crippen LogP contribution in [-0.4, -0.2) is 4.98 Å². The first kappa shape index (κ1) is 8.24. The smallest absolute Gasteiger partial charge is 0.0450 e. The normalized spacial score (nSPS) is 14.8. The predicted octanol–water partition coefficient (Wildman–Crippen LogP) is 3.21. The Kier molecular flexibility index (Phi) is 2.01. The number of pyridine rings is 1. The molecule has 0 aliphatic heterocycles. The first-order valence-corrected chi connectivity index (χ1v) is 4.56. The Morgan fingerprint density at radius 1 is 1.31 bits per heavy atom. The molecule has 1 heterocycles. The molecule has 1 heteroatoms. The lowest BCUT2D eigenvalue weighted by Crippen LogP contribution is -1.88. The van der Waals surface area contributed by atoms with Crippen LogP contribution >= 0.6 is 0 Å². The van der Waals surface area contributed by atoms with Crippen molar-refractivity contribution in [2.24, 2.45) is 0 Å². The Morgan fingerprint density at radius 3 is 3.00 bits per heavy atom. The van der Waals surface area contributed by atoms with Gasteiger partial charge in [-0.05, 0) is 31.9 Å². The number of aryl methyl sites for hydroxylation is 1. The predicted molar refractivity (Wildman–Crippen MR) is 56.3 cm³/mol. The van der Waals surface area contributed by atoms with E-state index < -0.39 is 0 Å². The fourth-order valence-corrected chi connectivity index (χ4v) is 1.63. The second kappa shape index (κ2) is 3.17. The van der Waals surface area contributed by atoms with E-state index in [0.717, 1.165) is 12.1 Å². The molecule has 0 saturated carbocycles. The van der Waals surface area contributed by atoms with E-state index in [1.807, 2.05) is 6.20 Å². The van der Waals surface area contributed by atoms with E-state index in [2.05, 4.69) is 43.1 Å². The van der Waals surface area contributed by atoms with Gasteiger partial charge in [0.25, 0.3) is 0 Å². The molecule has 0 fully saturated rings. The minimum Gasteiger partial charge on any atom is -0.261 e. The van der Waals surface area contributed by atoms with Crippen molar-refractivity contribution in [2.75, 3.05) is 0 Å². The molecular formula is C12H13N. The van der Waals surface area contributed by atoms with E-state index >= 15 is 0 Å². The molecule has 0 N–H and O–H groups in total. The van der Waals surface area contributed by atoms with E-state index in [-0.39, 0.29) is 0 Å². The topological polar surface area (TPSA) is 12.9 Å². The SMILES string of the molecule is CC1=Cc2ccnc(C)c2C=CC1. The molecule has 1 aromatic heterocycles. The zero-order valence-corrected chi connectivity index (χ0v) is 8.04. The van der Waals surface area contributed by atoms with Crippen molar-refractivity contribution in [2.45, 2.75) is 20.3 Å².